The molecule has 0 amide bonds. The van der Waals surface area contributed by atoms with Crippen LogP contribution >= 0.6 is 11.3 Å². The van der Waals surface area contributed by atoms with Gasteiger partial charge in [0.25, 0.3) is 0 Å². The minimum atomic E-state index is 0.673. The van der Waals surface area contributed by atoms with Crippen LogP contribution in [0.5, 0.6) is 0 Å². The largest absolute Gasteiger partial charge is 0.314 e. The molecule has 0 spiro atoms. The Balaban J connectivity index is 1.81. The van der Waals surface area contributed by atoms with Gasteiger partial charge in [0.2, 0.25) is 0 Å². The summed E-state index contributed by atoms with van der Waals surface area (Å²) >= 11 is 1.89. The third-order valence-corrected chi connectivity index (χ3v) is 4.83. The van der Waals surface area contributed by atoms with Gasteiger partial charge >= 0.3 is 0 Å². The van der Waals surface area contributed by atoms with E-state index in [-0.39, 0.29) is 0 Å². The van der Waals surface area contributed by atoms with Gasteiger partial charge in [-0.3, -0.25) is 0 Å². The Morgan fingerprint density at radius 3 is 3.00 bits per heavy atom. The number of thiophene rings is 1. The van der Waals surface area contributed by atoms with Crippen LogP contribution in [-0.2, 0) is 6.42 Å². The van der Waals surface area contributed by atoms with Gasteiger partial charge in [0.1, 0.15) is 0 Å². The van der Waals surface area contributed by atoms with Crippen LogP contribution in [0.2, 0.25) is 0 Å². The zero-order chi connectivity index (χ0) is 13.3. The molecule has 1 aromatic heterocycles. The molecule has 2 rings (SSSR count). The lowest BCUT2D eigenvalue weighted by Crippen LogP contribution is -2.30. The second kappa shape index (κ2) is 8.55. The molecule has 0 radical (unpaired) electrons. The van der Waals surface area contributed by atoms with Gasteiger partial charge in [0.05, 0.1) is 0 Å². The first-order valence-electron chi connectivity index (χ1n) is 7.82. The lowest BCUT2D eigenvalue weighted by atomic mass is 9.92. The van der Waals surface area contributed by atoms with Crippen LogP contribution in [0, 0.1) is 0 Å². The molecule has 0 saturated heterocycles. The molecule has 0 bridgehead atoms. The zero-order valence-corrected chi connectivity index (χ0v) is 13.0. The number of rotatable bonds is 8. The molecular formula is C17H27NS. The predicted molar refractivity (Wildman–Crippen MR) is 85.9 cm³/mol. The van der Waals surface area contributed by atoms with E-state index in [1.165, 1.54) is 56.2 Å². The van der Waals surface area contributed by atoms with E-state index in [1.54, 1.807) is 5.57 Å². The zero-order valence-electron chi connectivity index (χ0n) is 12.2. The Hall–Kier alpha value is -0.600. The highest BCUT2D eigenvalue weighted by Gasteiger charge is 2.12. The van der Waals surface area contributed by atoms with Gasteiger partial charge in [-0.15, -0.1) is 11.3 Å². The fourth-order valence-corrected chi connectivity index (χ4v) is 3.53. The molecule has 1 unspecified atom stereocenters. The van der Waals surface area contributed by atoms with Crippen LogP contribution in [0.25, 0.3) is 0 Å². The first-order chi connectivity index (χ1) is 9.38. The second-order valence-electron chi connectivity index (χ2n) is 5.58. The van der Waals surface area contributed by atoms with Gasteiger partial charge in [-0.2, -0.15) is 0 Å². The fourth-order valence-electron chi connectivity index (χ4n) is 2.80. The van der Waals surface area contributed by atoms with Crippen LogP contribution in [-0.4, -0.2) is 12.6 Å². The molecule has 0 aliphatic heterocycles. The van der Waals surface area contributed by atoms with Gasteiger partial charge < -0.3 is 5.32 Å². The molecule has 1 aliphatic carbocycles. The van der Waals surface area contributed by atoms with Crippen molar-refractivity contribution in [3.05, 3.63) is 34.0 Å². The summed E-state index contributed by atoms with van der Waals surface area (Å²) in [4.78, 5) is 1.53. The van der Waals surface area contributed by atoms with Crippen molar-refractivity contribution in [2.75, 3.05) is 6.54 Å². The number of allylic oxidation sites excluding steroid dienone is 1. The lowest BCUT2D eigenvalue weighted by molar-refractivity contribution is 0.467. The maximum absolute atomic E-state index is 3.74. The average molecular weight is 277 g/mol. The molecule has 19 heavy (non-hydrogen) atoms. The van der Waals surface area contributed by atoms with Crippen molar-refractivity contribution >= 4 is 11.3 Å². The molecule has 1 aromatic rings. The maximum Gasteiger partial charge on any atom is 0.0108 e. The molecule has 1 atom stereocenters. The topological polar surface area (TPSA) is 12.0 Å². The van der Waals surface area contributed by atoms with E-state index < -0.39 is 0 Å². The van der Waals surface area contributed by atoms with Gasteiger partial charge in [-0.1, -0.05) is 24.6 Å². The molecule has 106 valence electrons. The van der Waals surface area contributed by atoms with Gasteiger partial charge in [0.15, 0.2) is 0 Å². The average Bonchev–Trinajstić information content (AvgIpc) is 2.96. The van der Waals surface area contributed by atoms with E-state index in [0.717, 1.165) is 6.54 Å². The molecular weight excluding hydrogens is 250 g/mol. The van der Waals surface area contributed by atoms with E-state index in [1.807, 2.05) is 11.3 Å². The van der Waals surface area contributed by atoms with Crippen molar-refractivity contribution in [2.45, 2.75) is 64.3 Å². The van der Waals surface area contributed by atoms with Crippen LogP contribution in [0.1, 0.15) is 56.7 Å². The highest BCUT2D eigenvalue weighted by atomic mass is 32.1. The Morgan fingerprint density at radius 2 is 2.32 bits per heavy atom. The number of nitrogens with one attached hydrogen (secondary N) is 1. The first kappa shape index (κ1) is 14.8. The Labute approximate surface area is 122 Å². The van der Waals surface area contributed by atoms with Gasteiger partial charge in [-0.05, 0) is 69.4 Å². The molecule has 1 nitrogen and oxygen atoms in total. The normalized spacial score (nSPS) is 17.2. The Morgan fingerprint density at radius 1 is 1.37 bits per heavy atom. The number of hydrogen-bond donors (Lipinski definition) is 1. The van der Waals surface area contributed by atoms with E-state index in [4.69, 9.17) is 0 Å². The van der Waals surface area contributed by atoms with Crippen molar-refractivity contribution in [1.29, 1.82) is 0 Å². The lowest BCUT2D eigenvalue weighted by Gasteiger charge is -2.22. The molecule has 1 aliphatic rings. The van der Waals surface area contributed by atoms with Crippen LogP contribution in [0.3, 0.4) is 0 Å². The summed E-state index contributed by atoms with van der Waals surface area (Å²) in [6.45, 7) is 3.41. The Bertz CT molecular complexity index is 367. The summed E-state index contributed by atoms with van der Waals surface area (Å²) in [6, 6.07) is 5.10. The monoisotopic (exact) mass is 277 g/mol. The van der Waals surface area contributed by atoms with E-state index in [2.05, 4.69) is 35.8 Å². The Kier molecular flexibility index (Phi) is 6.66. The van der Waals surface area contributed by atoms with Gasteiger partial charge in [-0.25, -0.2) is 0 Å². The smallest absolute Gasteiger partial charge is 0.0108 e. The standard InChI is InChI=1S/C17H27NS/c1-2-12-18-16(10-11-17-9-6-13-19-17)14-15-7-4-3-5-8-15/h6-7,9,13,16,18H,2-5,8,10-12,14H2,1H3. The quantitative estimate of drug-likeness (QED) is 0.664. The summed E-state index contributed by atoms with van der Waals surface area (Å²) in [6.07, 6.45) is 12.9. The van der Waals surface area contributed by atoms with Crippen molar-refractivity contribution in [2.24, 2.45) is 0 Å². The molecule has 0 aromatic carbocycles. The first-order valence-corrected chi connectivity index (χ1v) is 8.70. The SMILES string of the molecule is CCCNC(CCc1cccs1)CC1=CCCCC1. The fraction of sp³-hybridized carbons (Fsp3) is 0.647. The van der Waals surface area contributed by atoms with E-state index in [0.29, 0.717) is 6.04 Å². The highest BCUT2D eigenvalue weighted by molar-refractivity contribution is 7.09. The molecule has 0 fully saturated rings. The number of aryl methyl sites for hydroxylation is 1. The summed E-state index contributed by atoms with van der Waals surface area (Å²) in [5.74, 6) is 0. The summed E-state index contributed by atoms with van der Waals surface area (Å²) < 4.78 is 0. The molecule has 1 heterocycles. The van der Waals surface area contributed by atoms with Crippen LogP contribution in [0.4, 0.5) is 0 Å². The minimum absolute atomic E-state index is 0.673. The molecule has 2 heteroatoms. The number of hydrogen-bond acceptors (Lipinski definition) is 2. The molecule has 0 saturated carbocycles. The van der Waals surface area contributed by atoms with Crippen LogP contribution in [0.15, 0.2) is 29.2 Å². The van der Waals surface area contributed by atoms with Crippen molar-refractivity contribution < 1.29 is 0 Å². The van der Waals surface area contributed by atoms with Crippen molar-refractivity contribution in [3.8, 4) is 0 Å². The van der Waals surface area contributed by atoms with Crippen molar-refractivity contribution in [3.63, 3.8) is 0 Å². The third kappa shape index (κ3) is 5.50. The van der Waals surface area contributed by atoms with Crippen LogP contribution < -0.4 is 5.32 Å². The highest BCUT2D eigenvalue weighted by Crippen LogP contribution is 2.23. The predicted octanol–water partition coefficient (Wildman–Crippen LogP) is 4.94. The van der Waals surface area contributed by atoms with E-state index >= 15 is 0 Å². The molecule has 1 N–H and O–H groups in total. The summed E-state index contributed by atoms with van der Waals surface area (Å²) in [5, 5.41) is 5.93. The minimum Gasteiger partial charge on any atom is -0.314 e. The summed E-state index contributed by atoms with van der Waals surface area (Å²) in [7, 11) is 0. The van der Waals surface area contributed by atoms with Gasteiger partial charge in [0, 0.05) is 10.9 Å². The van der Waals surface area contributed by atoms with E-state index in [9.17, 15) is 0 Å². The maximum atomic E-state index is 3.74. The summed E-state index contributed by atoms with van der Waals surface area (Å²) in [5.41, 5.74) is 1.70. The third-order valence-electron chi connectivity index (χ3n) is 3.90. The second-order valence-corrected chi connectivity index (χ2v) is 6.61. The van der Waals surface area contributed by atoms with Crippen molar-refractivity contribution in [1.82, 2.24) is 5.32 Å².